The molecule has 0 atom stereocenters. The Morgan fingerprint density at radius 2 is 1.75 bits per heavy atom. The van der Waals surface area contributed by atoms with Gasteiger partial charge in [-0.3, -0.25) is 19.5 Å². The minimum absolute atomic E-state index is 0.00330. The standard InChI is InChI=1S/C32H35FN6O4S/c1-3-44(41,42)37-26-10-12-30(13-11-26)43-31-14-8-24(20-35-31)22-38-17-15-28(16-18-38)39(29-6-4-5-25(33)19-29)32(40)36-27-9-7-23(2)34-21-27/h4-14,19-21,28,37H,3,15-18,22H2,1-2H3,(H,36,40). The number of amides is 2. The van der Waals surface area contributed by atoms with Gasteiger partial charge in [0, 0.05) is 55.0 Å². The summed E-state index contributed by atoms with van der Waals surface area (Å²) < 4.78 is 46.0. The summed E-state index contributed by atoms with van der Waals surface area (Å²) in [6.07, 6.45) is 4.82. The topological polar surface area (TPSA) is 117 Å². The lowest BCUT2D eigenvalue weighted by Crippen LogP contribution is -2.49. The van der Waals surface area contributed by atoms with Crippen LogP contribution >= 0.6 is 0 Å². The fourth-order valence-electron chi connectivity index (χ4n) is 4.97. The van der Waals surface area contributed by atoms with Crippen LogP contribution in [0.4, 0.5) is 26.2 Å². The summed E-state index contributed by atoms with van der Waals surface area (Å²) in [6, 6.07) is 19.7. The molecule has 2 N–H and O–H groups in total. The molecule has 1 fully saturated rings. The van der Waals surface area contributed by atoms with E-state index in [0.717, 1.165) is 37.2 Å². The Balaban J connectivity index is 1.17. The average molecular weight is 619 g/mol. The molecule has 0 bridgehead atoms. The number of hydrogen-bond acceptors (Lipinski definition) is 7. The number of aromatic nitrogens is 2. The molecule has 10 nitrogen and oxygen atoms in total. The molecule has 1 aliphatic rings. The van der Waals surface area contributed by atoms with Crippen LogP contribution in [0.1, 0.15) is 31.0 Å². The highest BCUT2D eigenvalue weighted by molar-refractivity contribution is 7.92. The maximum atomic E-state index is 14.2. The van der Waals surface area contributed by atoms with Gasteiger partial charge in [-0.25, -0.2) is 22.6 Å². The van der Waals surface area contributed by atoms with Gasteiger partial charge in [-0.05, 0) is 86.8 Å². The summed E-state index contributed by atoms with van der Waals surface area (Å²) in [6.45, 7) is 5.65. The maximum Gasteiger partial charge on any atom is 0.326 e. The molecule has 1 aliphatic heterocycles. The van der Waals surface area contributed by atoms with Crippen molar-refractivity contribution in [2.24, 2.45) is 0 Å². The van der Waals surface area contributed by atoms with E-state index in [2.05, 4.69) is 24.9 Å². The summed E-state index contributed by atoms with van der Waals surface area (Å²) in [5.41, 5.74) is 3.43. The molecule has 2 amide bonds. The first kappa shape index (κ1) is 30.9. The Kier molecular flexibility index (Phi) is 9.71. The summed E-state index contributed by atoms with van der Waals surface area (Å²) >= 11 is 0. The molecule has 1 saturated heterocycles. The summed E-state index contributed by atoms with van der Waals surface area (Å²) in [7, 11) is -3.34. The minimum Gasteiger partial charge on any atom is -0.439 e. The number of piperidine rings is 1. The molecule has 2 aromatic carbocycles. The van der Waals surface area contributed by atoms with Crippen molar-refractivity contribution in [2.45, 2.75) is 39.3 Å². The molecule has 0 saturated carbocycles. The van der Waals surface area contributed by atoms with Crippen molar-refractivity contribution in [1.29, 1.82) is 0 Å². The molecule has 0 aliphatic carbocycles. The Morgan fingerprint density at radius 3 is 2.39 bits per heavy atom. The third-order valence-corrected chi connectivity index (χ3v) is 8.63. The van der Waals surface area contributed by atoms with Gasteiger partial charge in [0.25, 0.3) is 0 Å². The number of benzene rings is 2. The van der Waals surface area contributed by atoms with Crippen molar-refractivity contribution >= 4 is 33.1 Å². The van der Waals surface area contributed by atoms with E-state index in [1.54, 1.807) is 72.7 Å². The van der Waals surface area contributed by atoms with E-state index >= 15 is 0 Å². The van der Waals surface area contributed by atoms with Crippen LogP contribution in [0.15, 0.2) is 85.2 Å². The predicted octanol–water partition coefficient (Wildman–Crippen LogP) is 6.18. The number of anilines is 3. The Morgan fingerprint density at radius 1 is 1.00 bits per heavy atom. The first-order chi connectivity index (χ1) is 21.2. The molecule has 2 aromatic heterocycles. The third kappa shape index (κ3) is 8.29. The van der Waals surface area contributed by atoms with Crippen LogP contribution in [0, 0.1) is 12.7 Å². The lowest BCUT2D eigenvalue weighted by atomic mass is 10.0. The van der Waals surface area contributed by atoms with Crippen molar-refractivity contribution in [1.82, 2.24) is 14.9 Å². The summed E-state index contributed by atoms with van der Waals surface area (Å²) in [5.74, 6) is 0.565. The van der Waals surface area contributed by atoms with Crippen LogP contribution in [0.3, 0.4) is 0 Å². The zero-order chi connectivity index (χ0) is 31.1. The van der Waals surface area contributed by atoms with E-state index < -0.39 is 15.8 Å². The number of hydrogen-bond donors (Lipinski definition) is 2. The molecule has 5 rings (SSSR count). The van der Waals surface area contributed by atoms with E-state index in [0.29, 0.717) is 35.2 Å². The molecule has 0 unspecified atom stereocenters. The van der Waals surface area contributed by atoms with Crippen LogP contribution in [0.25, 0.3) is 0 Å². The van der Waals surface area contributed by atoms with E-state index in [9.17, 15) is 17.6 Å². The molecule has 0 radical (unpaired) electrons. The van der Waals surface area contributed by atoms with Gasteiger partial charge >= 0.3 is 6.03 Å². The number of nitrogens with zero attached hydrogens (tertiary/aromatic N) is 4. The quantitative estimate of drug-likeness (QED) is 0.218. The Hall–Kier alpha value is -4.55. The maximum absolute atomic E-state index is 14.2. The lowest BCUT2D eigenvalue weighted by Gasteiger charge is -2.38. The fraction of sp³-hybridized carbons (Fsp3) is 0.281. The number of sulfonamides is 1. The van der Waals surface area contributed by atoms with Crippen LogP contribution < -0.4 is 19.7 Å². The molecular formula is C32H35FN6O4S. The molecular weight excluding hydrogens is 583 g/mol. The number of urea groups is 1. The van der Waals surface area contributed by atoms with Crippen molar-refractivity contribution in [3.8, 4) is 11.6 Å². The van der Waals surface area contributed by atoms with E-state index in [1.165, 1.54) is 12.1 Å². The average Bonchev–Trinajstić information content (AvgIpc) is 3.01. The number of nitrogens with one attached hydrogen (secondary N) is 2. The van der Waals surface area contributed by atoms with Gasteiger partial charge in [0.15, 0.2) is 0 Å². The normalized spacial score (nSPS) is 14.2. The first-order valence-corrected chi connectivity index (χ1v) is 16.1. The number of carbonyl (C=O) groups is 1. The van der Waals surface area contributed by atoms with Crippen LogP contribution in [-0.4, -0.2) is 54.2 Å². The van der Waals surface area contributed by atoms with Crippen molar-refractivity contribution in [2.75, 3.05) is 33.8 Å². The molecule has 12 heteroatoms. The smallest absolute Gasteiger partial charge is 0.326 e. The second-order valence-corrected chi connectivity index (χ2v) is 12.6. The summed E-state index contributed by atoms with van der Waals surface area (Å²) in [5, 5.41) is 2.91. The first-order valence-electron chi connectivity index (χ1n) is 14.4. The van der Waals surface area contributed by atoms with Crippen LogP contribution in [-0.2, 0) is 16.6 Å². The largest absolute Gasteiger partial charge is 0.439 e. The number of halogens is 1. The highest BCUT2D eigenvalue weighted by atomic mass is 32.2. The van der Waals surface area contributed by atoms with Gasteiger partial charge in [0.05, 0.1) is 17.6 Å². The molecule has 44 heavy (non-hydrogen) atoms. The number of carbonyl (C=O) groups excluding carboxylic acids is 1. The third-order valence-electron chi connectivity index (χ3n) is 7.32. The van der Waals surface area contributed by atoms with E-state index in [-0.39, 0.29) is 17.8 Å². The molecule has 230 valence electrons. The van der Waals surface area contributed by atoms with E-state index in [1.807, 2.05) is 19.1 Å². The van der Waals surface area contributed by atoms with Gasteiger partial charge in [-0.1, -0.05) is 12.1 Å². The lowest BCUT2D eigenvalue weighted by molar-refractivity contribution is 0.199. The highest BCUT2D eigenvalue weighted by Gasteiger charge is 2.30. The van der Waals surface area contributed by atoms with E-state index in [4.69, 9.17) is 4.74 Å². The number of likely N-dealkylation sites (tertiary alicyclic amines) is 1. The number of aryl methyl sites for hydroxylation is 1. The SMILES string of the molecule is CCS(=O)(=O)Nc1ccc(Oc2ccc(CN3CCC(N(C(=O)Nc4ccc(C)nc4)c4cccc(F)c4)CC3)cn2)cc1. The Labute approximate surface area is 257 Å². The highest BCUT2D eigenvalue weighted by Crippen LogP contribution is 2.27. The monoisotopic (exact) mass is 618 g/mol. The predicted molar refractivity (Wildman–Crippen MR) is 169 cm³/mol. The fourth-order valence-corrected chi connectivity index (χ4v) is 5.61. The summed E-state index contributed by atoms with van der Waals surface area (Å²) in [4.78, 5) is 26.1. The van der Waals surface area contributed by atoms with Gasteiger partial charge in [-0.15, -0.1) is 0 Å². The van der Waals surface area contributed by atoms with Gasteiger partial charge in [0.2, 0.25) is 15.9 Å². The molecule has 0 spiro atoms. The van der Waals surface area contributed by atoms with Gasteiger partial charge in [-0.2, -0.15) is 0 Å². The minimum atomic E-state index is -3.34. The van der Waals surface area contributed by atoms with Crippen molar-refractivity contribution in [3.63, 3.8) is 0 Å². The zero-order valence-corrected chi connectivity index (χ0v) is 25.4. The van der Waals surface area contributed by atoms with Gasteiger partial charge < -0.3 is 10.1 Å². The zero-order valence-electron chi connectivity index (χ0n) is 24.6. The number of ether oxygens (including phenoxy) is 1. The van der Waals surface area contributed by atoms with Crippen molar-refractivity contribution < 1.29 is 22.3 Å². The second kappa shape index (κ2) is 13.8. The number of pyridine rings is 2. The van der Waals surface area contributed by atoms with Crippen molar-refractivity contribution in [3.05, 3.63) is 102 Å². The van der Waals surface area contributed by atoms with Crippen LogP contribution in [0.5, 0.6) is 11.6 Å². The van der Waals surface area contributed by atoms with Gasteiger partial charge in [0.1, 0.15) is 11.6 Å². The van der Waals surface area contributed by atoms with Crippen LogP contribution in [0.2, 0.25) is 0 Å². The molecule has 4 aromatic rings. The Bertz CT molecular complexity index is 1660. The number of rotatable bonds is 10. The molecule has 3 heterocycles. The second-order valence-electron chi connectivity index (χ2n) is 10.6.